The molecule has 1 saturated carbocycles. The Hall–Kier alpha value is -1.33. The maximum Gasteiger partial charge on any atom is 0.433 e. The summed E-state index contributed by atoms with van der Waals surface area (Å²) in [4.78, 5) is 7.35. The van der Waals surface area contributed by atoms with Crippen LogP contribution in [0, 0.1) is 6.92 Å². The fourth-order valence-corrected chi connectivity index (χ4v) is 2.07. The molecule has 0 amide bonds. The van der Waals surface area contributed by atoms with Crippen LogP contribution < -0.4 is 4.74 Å². The van der Waals surface area contributed by atoms with E-state index in [9.17, 15) is 13.2 Å². The predicted octanol–water partition coefficient (Wildman–Crippen LogP) is 3.52. The van der Waals surface area contributed by atoms with Crippen LogP contribution in [0.4, 0.5) is 13.2 Å². The third-order valence-corrected chi connectivity index (χ3v) is 2.95. The first-order valence-electron chi connectivity index (χ1n) is 6.05. The van der Waals surface area contributed by atoms with Gasteiger partial charge in [-0.15, -0.1) is 0 Å². The fourth-order valence-electron chi connectivity index (χ4n) is 2.07. The molecular weight excluding hydrogens is 245 g/mol. The third kappa shape index (κ3) is 3.34. The Kier molecular flexibility index (Phi) is 3.73. The molecule has 1 heterocycles. The average molecular weight is 260 g/mol. The number of hydrogen-bond donors (Lipinski definition) is 0. The zero-order valence-electron chi connectivity index (χ0n) is 10.1. The van der Waals surface area contributed by atoms with Gasteiger partial charge in [-0.2, -0.15) is 18.2 Å². The van der Waals surface area contributed by atoms with Crippen LogP contribution in [0.25, 0.3) is 0 Å². The minimum atomic E-state index is -4.46. The highest BCUT2D eigenvalue weighted by molar-refractivity contribution is 5.15. The lowest BCUT2D eigenvalue weighted by molar-refractivity contribution is -0.141. The van der Waals surface area contributed by atoms with Crippen LogP contribution in [0.2, 0.25) is 0 Å². The van der Waals surface area contributed by atoms with Crippen molar-refractivity contribution in [2.24, 2.45) is 0 Å². The second-order valence-corrected chi connectivity index (χ2v) is 4.55. The van der Waals surface area contributed by atoms with Gasteiger partial charge in [0.25, 0.3) is 0 Å². The molecule has 100 valence electrons. The molecule has 1 aromatic heterocycles. The molecule has 3 nitrogen and oxygen atoms in total. The zero-order valence-corrected chi connectivity index (χ0v) is 10.1. The number of hydrogen-bond acceptors (Lipinski definition) is 3. The van der Waals surface area contributed by atoms with Crippen molar-refractivity contribution in [1.29, 1.82) is 0 Å². The molecule has 2 rings (SSSR count). The SMILES string of the molecule is Cc1cc(C(F)(F)F)nc(OC2CCCCC2)n1. The Bertz CT molecular complexity index is 414. The fraction of sp³-hybridized carbons (Fsp3) is 0.667. The lowest BCUT2D eigenvalue weighted by atomic mass is 9.98. The van der Waals surface area contributed by atoms with Crippen molar-refractivity contribution < 1.29 is 17.9 Å². The molecule has 0 spiro atoms. The molecule has 0 N–H and O–H groups in total. The summed E-state index contributed by atoms with van der Waals surface area (Å²) in [5.41, 5.74) is -0.677. The first-order valence-corrected chi connectivity index (χ1v) is 6.05. The van der Waals surface area contributed by atoms with Gasteiger partial charge < -0.3 is 4.74 Å². The quantitative estimate of drug-likeness (QED) is 0.816. The van der Waals surface area contributed by atoms with E-state index in [4.69, 9.17) is 4.74 Å². The maximum absolute atomic E-state index is 12.6. The van der Waals surface area contributed by atoms with E-state index in [1.807, 2.05) is 0 Å². The molecule has 0 radical (unpaired) electrons. The summed E-state index contributed by atoms with van der Waals surface area (Å²) in [6, 6.07) is 0.766. The summed E-state index contributed by atoms with van der Waals surface area (Å²) in [5.74, 6) is 0. The number of halogens is 3. The van der Waals surface area contributed by atoms with E-state index >= 15 is 0 Å². The normalized spacial score (nSPS) is 17.8. The summed E-state index contributed by atoms with van der Waals surface area (Å²) in [7, 11) is 0. The highest BCUT2D eigenvalue weighted by atomic mass is 19.4. The van der Waals surface area contributed by atoms with Crippen molar-refractivity contribution in [1.82, 2.24) is 9.97 Å². The summed E-state index contributed by atoms with van der Waals surface area (Å²) in [6.45, 7) is 1.50. The minimum Gasteiger partial charge on any atom is -0.460 e. The van der Waals surface area contributed by atoms with E-state index in [-0.39, 0.29) is 17.8 Å². The molecule has 0 unspecified atom stereocenters. The zero-order chi connectivity index (χ0) is 13.2. The summed E-state index contributed by atoms with van der Waals surface area (Å²) in [5, 5.41) is 0. The minimum absolute atomic E-state index is 0.0540. The third-order valence-electron chi connectivity index (χ3n) is 2.95. The molecule has 0 aromatic carbocycles. The lowest BCUT2D eigenvalue weighted by Gasteiger charge is -2.22. The molecule has 0 aliphatic heterocycles. The van der Waals surface area contributed by atoms with Crippen molar-refractivity contribution in [3.63, 3.8) is 0 Å². The highest BCUT2D eigenvalue weighted by Crippen LogP contribution is 2.29. The summed E-state index contributed by atoms with van der Waals surface area (Å²) < 4.78 is 43.2. The molecular formula is C12H15F3N2O. The van der Waals surface area contributed by atoms with E-state index in [1.54, 1.807) is 0 Å². The number of ether oxygens (including phenoxy) is 1. The van der Waals surface area contributed by atoms with Gasteiger partial charge in [0.1, 0.15) is 6.10 Å². The Morgan fingerprint density at radius 2 is 1.83 bits per heavy atom. The monoisotopic (exact) mass is 260 g/mol. The maximum atomic E-state index is 12.6. The van der Waals surface area contributed by atoms with E-state index < -0.39 is 11.9 Å². The molecule has 0 saturated heterocycles. The first kappa shape index (κ1) is 13.1. The van der Waals surface area contributed by atoms with Gasteiger partial charge in [-0.25, -0.2) is 4.98 Å². The molecule has 1 aromatic rings. The van der Waals surface area contributed by atoms with Gasteiger partial charge in [-0.1, -0.05) is 6.42 Å². The van der Waals surface area contributed by atoms with Crippen LogP contribution in [-0.4, -0.2) is 16.1 Å². The smallest absolute Gasteiger partial charge is 0.433 e. The lowest BCUT2D eigenvalue weighted by Crippen LogP contribution is -2.22. The molecule has 6 heteroatoms. The van der Waals surface area contributed by atoms with Gasteiger partial charge >= 0.3 is 12.2 Å². The number of aromatic nitrogens is 2. The molecule has 0 atom stereocenters. The van der Waals surface area contributed by atoms with E-state index in [2.05, 4.69) is 9.97 Å². The summed E-state index contributed by atoms with van der Waals surface area (Å²) in [6.07, 6.45) is 0.449. The summed E-state index contributed by atoms with van der Waals surface area (Å²) >= 11 is 0. The van der Waals surface area contributed by atoms with Crippen LogP contribution >= 0.6 is 0 Å². The van der Waals surface area contributed by atoms with Gasteiger partial charge in [-0.05, 0) is 38.7 Å². The van der Waals surface area contributed by atoms with E-state index in [1.165, 1.54) is 6.92 Å². The largest absolute Gasteiger partial charge is 0.460 e. The van der Waals surface area contributed by atoms with Crippen molar-refractivity contribution in [3.05, 3.63) is 17.5 Å². The van der Waals surface area contributed by atoms with Crippen LogP contribution in [0.3, 0.4) is 0 Å². The molecule has 18 heavy (non-hydrogen) atoms. The number of nitrogens with zero attached hydrogens (tertiary/aromatic N) is 2. The van der Waals surface area contributed by atoms with Crippen molar-refractivity contribution in [3.8, 4) is 6.01 Å². The van der Waals surface area contributed by atoms with Crippen molar-refractivity contribution >= 4 is 0 Å². The Balaban J connectivity index is 2.14. The number of rotatable bonds is 2. The van der Waals surface area contributed by atoms with Gasteiger partial charge in [0.15, 0.2) is 5.69 Å². The van der Waals surface area contributed by atoms with E-state index in [0.29, 0.717) is 0 Å². The molecule has 1 fully saturated rings. The van der Waals surface area contributed by atoms with Crippen molar-refractivity contribution in [2.45, 2.75) is 51.3 Å². The Morgan fingerprint density at radius 3 is 2.44 bits per heavy atom. The first-order chi connectivity index (χ1) is 8.45. The second kappa shape index (κ2) is 5.12. The average Bonchev–Trinajstić information content (AvgIpc) is 2.28. The molecule has 1 aliphatic rings. The van der Waals surface area contributed by atoms with Crippen LogP contribution in [0.5, 0.6) is 6.01 Å². The Morgan fingerprint density at radius 1 is 1.17 bits per heavy atom. The standard InChI is InChI=1S/C12H15F3N2O/c1-8-7-10(12(13,14)15)17-11(16-8)18-9-5-3-2-4-6-9/h7,9H,2-6H2,1H3. The number of alkyl halides is 3. The van der Waals surface area contributed by atoms with Crippen molar-refractivity contribution in [2.75, 3.05) is 0 Å². The topological polar surface area (TPSA) is 35.0 Å². The second-order valence-electron chi connectivity index (χ2n) is 4.55. The van der Waals surface area contributed by atoms with Crippen LogP contribution in [0.1, 0.15) is 43.5 Å². The Labute approximate surface area is 103 Å². The number of aryl methyl sites for hydroxylation is 1. The van der Waals surface area contributed by atoms with Gasteiger partial charge in [0.05, 0.1) is 0 Å². The highest BCUT2D eigenvalue weighted by Gasteiger charge is 2.33. The van der Waals surface area contributed by atoms with Crippen LogP contribution in [0.15, 0.2) is 6.07 Å². The molecule has 0 bridgehead atoms. The predicted molar refractivity (Wildman–Crippen MR) is 59.3 cm³/mol. The van der Waals surface area contributed by atoms with Crippen LogP contribution in [-0.2, 0) is 6.18 Å². The van der Waals surface area contributed by atoms with Gasteiger partial charge in [0, 0.05) is 5.69 Å². The van der Waals surface area contributed by atoms with Gasteiger partial charge in [-0.3, -0.25) is 0 Å². The molecule has 1 aliphatic carbocycles. The van der Waals surface area contributed by atoms with Gasteiger partial charge in [0.2, 0.25) is 0 Å². The van der Waals surface area contributed by atoms with E-state index in [0.717, 1.165) is 38.2 Å².